The van der Waals surface area contributed by atoms with E-state index in [4.69, 9.17) is 4.74 Å². The van der Waals surface area contributed by atoms with Gasteiger partial charge in [0, 0.05) is 13.1 Å². The van der Waals surface area contributed by atoms with Crippen molar-refractivity contribution in [1.29, 1.82) is 0 Å². The van der Waals surface area contributed by atoms with Gasteiger partial charge in [-0.3, -0.25) is 4.79 Å². The van der Waals surface area contributed by atoms with Gasteiger partial charge in [-0.05, 0) is 43.2 Å². The van der Waals surface area contributed by atoms with Gasteiger partial charge in [-0.25, -0.2) is 4.79 Å². The Morgan fingerprint density at radius 3 is 2.39 bits per heavy atom. The molecule has 28 heavy (non-hydrogen) atoms. The summed E-state index contributed by atoms with van der Waals surface area (Å²) in [4.78, 5) is 26.5. The molecule has 5 nitrogen and oxygen atoms in total. The van der Waals surface area contributed by atoms with E-state index in [1.807, 2.05) is 4.90 Å². The fourth-order valence-electron chi connectivity index (χ4n) is 3.23. The smallest absolute Gasteiger partial charge is 0.417 e. The number of hydrogen-bond donors (Lipinski definition) is 1. The minimum absolute atomic E-state index is 0.199. The quantitative estimate of drug-likeness (QED) is 0.787. The molecule has 0 spiro atoms. The molecule has 2 aromatic carbocycles. The number of nitrogens with one attached hydrogen (secondary N) is 1. The first-order valence-corrected chi connectivity index (χ1v) is 8.76. The second-order valence-corrected chi connectivity index (χ2v) is 6.42. The van der Waals surface area contributed by atoms with Crippen molar-refractivity contribution in [1.82, 2.24) is 0 Å². The summed E-state index contributed by atoms with van der Waals surface area (Å²) in [5.41, 5.74) is -0.371. The van der Waals surface area contributed by atoms with Crippen LogP contribution in [0.3, 0.4) is 0 Å². The average Bonchev–Trinajstić information content (AvgIpc) is 3.21. The number of amides is 1. The molecule has 8 heteroatoms. The molecule has 0 atom stereocenters. The maximum Gasteiger partial charge on any atom is 0.417 e. The Morgan fingerprint density at radius 1 is 1.07 bits per heavy atom. The lowest BCUT2D eigenvalue weighted by atomic mass is 10.1. The number of halogens is 3. The summed E-state index contributed by atoms with van der Waals surface area (Å²) in [6, 6.07) is 9.25. The number of hydrogen-bond acceptors (Lipinski definition) is 4. The van der Waals surface area contributed by atoms with Gasteiger partial charge in [-0.2, -0.15) is 13.2 Å². The number of carbonyl (C=O) groups excluding carboxylic acids is 2. The van der Waals surface area contributed by atoms with E-state index in [1.54, 1.807) is 12.1 Å². The van der Waals surface area contributed by atoms with Gasteiger partial charge in [0.15, 0.2) is 0 Å². The Balaban J connectivity index is 1.98. The predicted molar refractivity (Wildman–Crippen MR) is 98.6 cm³/mol. The summed E-state index contributed by atoms with van der Waals surface area (Å²) in [7, 11) is 1.23. The van der Waals surface area contributed by atoms with Gasteiger partial charge in [-0.15, -0.1) is 0 Å². The second-order valence-electron chi connectivity index (χ2n) is 6.42. The Kier molecular flexibility index (Phi) is 5.58. The van der Waals surface area contributed by atoms with Gasteiger partial charge in [0.25, 0.3) is 5.91 Å². The summed E-state index contributed by atoms with van der Waals surface area (Å²) in [5, 5.41) is 2.55. The molecule has 0 aromatic heterocycles. The maximum atomic E-state index is 13.2. The van der Waals surface area contributed by atoms with Crippen LogP contribution in [-0.4, -0.2) is 32.1 Å². The molecule has 2 aromatic rings. The van der Waals surface area contributed by atoms with Crippen molar-refractivity contribution in [3.8, 4) is 0 Å². The van der Waals surface area contributed by atoms with Crippen molar-refractivity contribution in [2.75, 3.05) is 30.4 Å². The fourth-order valence-corrected chi connectivity index (χ4v) is 3.23. The average molecular weight is 392 g/mol. The number of methoxy groups -OCH3 is 1. The molecule has 0 radical (unpaired) electrons. The monoisotopic (exact) mass is 392 g/mol. The molecule has 1 heterocycles. The Hall–Kier alpha value is -3.03. The second kappa shape index (κ2) is 7.92. The normalized spacial score (nSPS) is 14.1. The van der Waals surface area contributed by atoms with Crippen LogP contribution in [0.5, 0.6) is 0 Å². The molecule has 148 valence electrons. The molecule has 1 saturated heterocycles. The third-order valence-corrected chi connectivity index (χ3v) is 4.59. The topological polar surface area (TPSA) is 58.6 Å². The molecular formula is C20H19F3N2O3. The van der Waals surface area contributed by atoms with Gasteiger partial charge in [0.1, 0.15) is 0 Å². The van der Waals surface area contributed by atoms with E-state index in [9.17, 15) is 22.8 Å². The summed E-state index contributed by atoms with van der Waals surface area (Å²) in [6.07, 6.45) is -2.70. The standard InChI is InChI=1S/C20H19F3N2O3/c1-28-19(27)13-8-9-17(25-10-4-5-11-25)16(12-13)24-18(26)14-6-2-3-7-15(14)20(21,22)23/h2-3,6-9,12H,4-5,10-11H2,1H3,(H,24,26). The first-order valence-electron chi connectivity index (χ1n) is 8.76. The summed E-state index contributed by atoms with van der Waals surface area (Å²) in [6.45, 7) is 1.53. The zero-order valence-corrected chi connectivity index (χ0v) is 15.2. The SMILES string of the molecule is COC(=O)c1ccc(N2CCCC2)c(NC(=O)c2ccccc2C(F)(F)F)c1. The highest BCUT2D eigenvalue weighted by Gasteiger charge is 2.35. The van der Waals surface area contributed by atoms with Gasteiger partial charge >= 0.3 is 12.1 Å². The molecule has 1 N–H and O–H groups in total. The molecule has 0 saturated carbocycles. The van der Waals surface area contributed by atoms with E-state index in [0.717, 1.165) is 38.1 Å². The zero-order valence-electron chi connectivity index (χ0n) is 15.2. The third kappa shape index (κ3) is 4.11. The van der Waals surface area contributed by atoms with Crippen LogP contribution in [0.2, 0.25) is 0 Å². The highest BCUT2D eigenvalue weighted by Crippen LogP contribution is 2.34. The van der Waals surface area contributed by atoms with Gasteiger partial charge in [0.2, 0.25) is 0 Å². The number of benzene rings is 2. The molecule has 1 aliphatic heterocycles. The lowest BCUT2D eigenvalue weighted by Gasteiger charge is -2.22. The lowest BCUT2D eigenvalue weighted by Crippen LogP contribution is -2.23. The number of alkyl halides is 3. The molecular weight excluding hydrogens is 373 g/mol. The molecule has 1 amide bonds. The van der Waals surface area contributed by atoms with E-state index < -0.39 is 29.2 Å². The predicted octanol–water partition coefficient (Wildman–Crippen LogP) is 4.34. The lowest BCUT2D eigenvalue weighted by molar-refractivity contribution is -0.137. The molecule has 0 unspecified atom stereocenters. The first-order chi connectivity index (χ1) is 13.3. The largest absolute Gasteiger partial charge is 0.465 e. The van der Waals surface area contributed by atoms with E-state index in [0.29, 0.717) is 5.69 Å². The first kappa shape index (κ1) is 19.7. The number of nitrogens with zero attached hydrogens (tertiary/aromatic N) is 1. The van der Waals surface area contributed by atoms with Gasteiger partial charge in [0.05, 0.1) is 35.2 Å². The highest BCUT2D eigenvalue weighted by molar-refractivity contribution is 6.07. The molecule has 3 rings (SSSR count). The molecule has 1 fully saturated rings. The summed E-state index contributed by atoms with van der Waals surface area (Å²) < 4.78 is 44.4. The van der Waals surface area contributed by atoms with E-state index >= 15 is 0 Å². The Morgan fingerprint density at radius 2 is 1.75 bits per heavy atom. The van der Waals surface area contributed by atoms with Crippen molar-refractivity contribution < 1.29 is 27.5 Å². The van der Waals surface area contributed by atoms with Crippen LogP contribution in [0.1, 0.15) is 39.1 Å². The van der Waals surface area contributed by atoms with E-state index in [-0.39, 0.29) is 11.3 Å². The van der Waals surface area contributed by atoms with Crippen LogP contribution in [-0.2, 0) is 10.9 Å². The van der Waals surface area contributed by atoms with Crippen molar-refractivity contribution in [3.63, 3.8) is 0 Å². The van der Waals surface area contributed by atoms with E-state index in [1.165, 1.54) is 25.3 Å². The van der Waals surface area contributed by atoms with Gasteiger partial charge in [-0.1, -0.05) is 12.1 Å². The van der Waals surface area contributed by atoms with Gasteiger partial charge < -0.3 is 15.0 Å². The van der Waals surface area contributed by atoms with Crippen LogP contribution < -0.4 is 10.2 Å². The van der Waals surface area contributed by atoms with Crippen LogP contribution in [0.4, 0.5) is 24.5 Å². The van der Waals surface area contributed by atoms with Crippen molar-refractivity contribution in [2.45, 2.75) is 19.0 Å². The third-order valence-electron chi connectivity index (χ3n) is 4.59. The maximum absolute atomic E-state index is 13.2. The fraction of sp³-hybridized carbons (Fsp3) is 0.300. The Bertz CT molecular complexity index is 891. The van der Waals surface area contributed by atoms with Crippen molar-refractivity contribution >= 4 is 23.3 Å². The minimum Gasteiger partial charge on any atom is -0.465 e. The van der Waals surface area contributed by atoms with Crippen LogP contribution in [0.25, 0.3) is 0 Å². The molecule has 0 aliphatic carbocycles. The summed E-state index contributed by atoms with van der Waals surface area (Å²) >= 11 is 0. The molecule has 0 bridgehead atoms. The number of rotatable bonds is 4. The highest BCUT2D eigenvalue weighted by atomic mass is 19.4. The number of carbonyl (C=O) groups is 2. The number of ether oxygens (including phenoxy) is 1. The van der Waals surface area contributed by atoms with Crippen molar-refractivity contribution in [3.05, 3.63) is 59.2 Å². The molecule has 1 aliphatic rings. The zero-order chi connectivity index (χ0) is 20.3. The number of anilines is 2. The van der Waals surface area contributed by atoms with Crippen LogP contribution in [0, 0.1) is 0 Å². The van der Waals surface area contributed by atoms with Crippen molar-refractivity contribution in [2.24, 2.45) is 0 Å². The van der Waals surface area contributed by atoms with Crippen LogP contribution in [0.15, 0.2) is 42.5 Å². The summed E-state index contributed by atoms with van der Waals surface area (Å²) in [5.74, 6) is -1.49. The number of esters is 1. The Labute approximate surface area is 160 Å². The van der Waals surface area contributed by atoms with Crippen LogP contribution >= 0.6 is 0 Å². The minimum atomic E-state index is -4.65. The van der Waals surface area contributed by atoms with E-state index in [2.05, 4.69) is 5.32 Å².